The first kappa shape index (κ1) is 11.3. The largest absolute Gasteiger partial charge is 0.300 e. The smallest absolute Gasteiger partial charge is 0.0519 e. The molecule has 3 nitrogen and oxygen atoms in total. The number of likely N-dealkylation sites (tertiary alicyclic amines) is 1. The Morgan fingerprint density at radius 1 is 1.24 bits per heavy atom. The van der Waals surface area contributed by atoms with E-state index in [4.69, 9.17) is 0 Å². The van der Waals surface area contributed by atoms with Gasteiger partial charge in [0.05, 0.1) is 6.20 Å². The van der Waals surface area contributed by atoms with Gasteiger partial charge in [0, 0.05) is 24.2 Å². The zero-order valence-electron chi connectivity index (χ0n) is 10.8. The Morgan fingerprint density at radius 2 is 2.06 bits per heavy atom. The van der Waals surface area contributed by atoms with E-state index in [1.165, 1.54) is 62.9 Å². The monoisotopic (exact) mass is 233 g/mol. The summed E-state index contributed by atoms with van der Waals surface area (Å²) in [7, 11) is 0. The van der Waals surface area contributed by atoms with Crippen LogP contribution in [-0.4, -0.2) is 34.2 Å². The highest BCUT2D eigenvalue weighted by Gasteiger charge is 2.29. The molecule has 94 valence electrons. The molecule has 1 saturated heterocycles. The summed E-state index contributed by atoms with van der Waals surface area (Å²) in [5.41, 5.74) is 2.72. The molecule has 0 bridgehead atoms. The maximum Gasteiger partial charge on any atom is 0.0519 e. The second-order valence-electron chi connectivity index (χ2n) is 5.74. The molecule has 3 rings (SSSR count). The van der Waals surface area contributed by atoms with Crippen LogP contribution >= 0.6 is 0 Å². The molecule has 1 aromatic heterocycles. The Labute approximate surface area is 104 Å². The van der Waals surface area contributed by atoms with Crippen LogP contribution < -0.4 is 0 Å². The molecule has 0 aromatic carbocycles. The van der Waals surface area contributed by atoms with E-state index in [9.17, 15) is 0 Å². The van der Waals surface area contributed by atoms with Crippen molar-refractivity contribution in [2.24, 2.45) is 0 Å². The van der Waals surface area contributed by atoms with E-state index in [2.05, 4.69) is 22.0 Å². The van der Waals surface area contributed by atoms with Crippen molar-refractivity contribution in [2.45, 2.75) is 57.4 Å². The topological polar surface area (TPSA) is 31.9 Å². The van der Waals surface area contributed by atoms with Crippen LogP contribution in [0.4, 0.5) is 0 Å². The summed E-state index contributed by atoms with van der Waals surface area (Å²) in [4.78, 5) is 2.74. The fourth-order valence-corrected chi connectivity index (χ4v) is 3.61. The molecule has 1 saturated carbocycles. The number of nitrogens with zero attached hydrogens (tertiary/aromatic N) is 2. The third kappa shape index (κ3) is 2.25. The average molecular weight is 233 g/mol. The second kappa shape index (κ2) is 4.81. The lowest BCUT2D eigenvalue weighted by Gasteiger charge is -2.36. The summed E-state index contributed by atoms with van der Waals surface area (Å²) in [5.74, 6) is 0.687. The highest BCUT2D eigenvalue weighted by atomic mass is 15.2. The van der Waals surface area contributed by atoms with E-state index in [1.54, 1.807) is 0 Å². The highest BCUT2D eigenvalue weighted by Crippen LogP contribution is 2.32. The van der Waals surface area contributed by atoms with Crippen molar-refractivity contribution in [1.29, 1.82) is 0 Å². The molecule has 2 heterocycles. The minimum Gasteiger partial charge on any atom is -0.300 e. The zero-order chi connectivity index (χ0) is 11.7. The molecule has 0 unspecified atom stereocenters. The lowest BCUT2D eigenvalue weighted by Crippen LogP contribution is -2.40. The van der Waals surface area contributed by atoms with Crippen molar-refractivity contribution in [3.8, 4) is 0 Å². The van der Waals surface area contributed by atoms with Crippen molar-refractivity contribution in [1.82, 2.24) is 15.1 Å². The number of nitrogens with one attached hydrogen (secondary N) is 1. The third-order valence-electron chi connectivity index (χ3n) is 4.57. The Bertz CT molecular complexity index is 365. The highest BCUT2D eigenvalue weighted by molar-refractivity contribution is 5.19. The molecule has 0 amide bonds. The summed E-state index contributed by atoms with van der Waals surface area (Å²) in [6.45, 7) is 4.73. The van der Waals surface area contributed by atoms with Gasteiger partial charge in [-0.3, -0.25) is 10.00 Å². The number of aromatic nitrogens is 2. The van der Waals surface area contributed by atoms with Crippen LogP contribution in [0.25, 0.3) is 0 Å². The van der Waals surface area contributed by atoms with E-state index >= 15 is 0 Å². The Balaban J connectivity index is 1.69. The van der Waals surface area contributed by atoms with Gasteiger partial charge in [-0.15, -0.1) is 0 Å². The molecule has 2 fully saturated rings. The van der Waals surface area contributed by atoms with Gasteiger partial charge in [-0.05, 0) is 44.7 Å². The molecule has 3 heteroatoms. The molecule has 1 N–H and O–H groups in total. The third-order valence-corrected chi connectivity index (χ3v) is 4.57. The maximum absolute atomic E-state index is 4.18. The SMILES string of the molecule is Cc1cn[nH]c1[C@H]1CCCN(C2CCCC2)C1. The van der Waals surface area contributed by atoms with Gasteiger partial charge in [0.15, 0.2) is 0 Å². The van der Waals surface area contributed by atoms with Crippen LogP contribution in [0.5, 0.6) is 0 Å². The summed E-state index contributed by atoms with van der Waals surface area (Å²) >= 11 is 0. The molecule has 0 spiro atoms. The molecule has 17 heavy (non-hydrogen) atoms. The number of hydrogen-bond acceptors (Lipinski definition) is 2. The molecule has 1 aromatic rings. The van der Waals surface area contributed by atoms with Crippen molar-refractivity contribution in [2.75, 3.05) is 13.1 Å². The predicted octanol–water partition coefficient (Wildman–Crippen LogP) is 2.84. The average Bonchev–Trinajstić information content (AvgIpc) is 2.99. The molecule has 2 aliphatic rings. The first-order valence-corrected chi connectivity index (χ1v) is 7.08. The maximum atomic E-state index is 4.18. The first-order valence-electron chi connectivity index (χ1n) is 7.08. The fourth-order valence-electron chi connectivity index (χ4n) is 3.61. The van der Waals surface area contributed by atoms with Gasteiger partial charge < -0.3 is 0 Å². The van der Waals surface area contributed by atoms with Crippen LogP contribution in [0.1, 0.15) is 55.7 Å². The van der Waals surface area contributed by atoms with Crippen molar-refractivity contribution in [3.05, 3.63) is 17.5 Å². The van der Waals surface area contributed by atoms with E-state index < -0.39 is 0 Å². The summed E-state index contributed by atoms with van der Waals surface area (Å²) in [5, 5.41) is 7.39. The minimum absolute atomic E-state index is 0.687. The number of aryl methyl sites for hydroxylation is 1. The Hall–Kier alpha value is -0.830. The van der Waals surface area contributed by atoms with Gasteiger partial charge >= 0.3 is 0 Å². The predicted molar refractivity (Wildman–Crippen MR) is 69.1 cm³/mol. The van der Waals surface area contributed by atoms with Gasteiger partial charge in [0.25, 0.3) is 0 Å². The van der Waals surface area contributed by atoms with Crippen LogP contribution in [-0.2, 0) is 0 Å². The van der Waals surface area contributed by atoms with Crippen LogP contribution in [0, 0.1) is 6.92 Å². The standard InChI is InChI=1S/C14H23N3/c1-11-9-15-16-14(11)12-5-4-8-17(10-12)13-6-2-3-7-13/h9,12-13H,2-8,10H2,1H3,(H,15,16)/t12-/m0/s1. The fraction of sp³-hybridized carbons (Fsp3) is 0.786. The zero-order valence-corrected chi connectivity index (χ0v) is 10.8. The van der Waals surface area contributed by atoms with Crippen molar-refractivity contribution >= 4 is 0 Å². The number of piperidine rings is 1. The van der Waals surface area contributed by atoms with Crippen LogP contribution in [0.2, 0.25) is 0 Å². The number of H-pyrrole nitrogens is 1. The van der Waals surface area contributed by atoms with Gasteiger partial charge in [0.2, 0.25) is 0 Å². The van der Waals surface area contributed by atoms with Crippen LogP contribution in [0.3, 0.4) is 0 Å². The number of rotatable bonds is 2. The van der Waals surface area contributed by atoms with E-state index in [1.807, 2.05) is 6.20 Å². The minimum atomic E-state index is 0.687. The van der Waals surface area contributed by atoms with E-state index in [0.717, 1.165) is 6.04 Å². The number of aromatic amines is 1. The van der Waals surface area contributed by atoms with Gasteiger partial charge in [-0.2, -0.15) is 5.10 Å². The van der Waals surface area contributed by atoms with E-state index in [0.29, 0.717) is 5.92 Å². The summed E-state index contributed by atoms with van der Waals surface area (Å²) < 4.78 is 0. The molecular formula is C14H23N3. The van der Waals surface area contributed by atoms with Gasteiger partial charge in [-0.1, -0.05) is 12.8 Å². The molecule has 0 radical (unpaired) electrons. The summed E-state index contributed by atoms with van der Waals surface area (Å²) in [6.07, 6.45) is 10.4. The van der Waals surface area contributed by atoms with Crippen LogP contribution in [0.15, 0.2) is 6.20 Å². The lowest BCUT2D eigenvalue weighted by atomic mass is 9.92. The number of hydrogen-bond donors (Lipinski definition) is 1. The Morgan fingerprint density at radius 3 is 2.76 bits per heavy atom. The second-order valence-corrected chi connectivity index (χ2v) is 5.74. The molecule has 1 aliphatic heterocycles. The molecular weight excluding hydrogens is 210 g/mol. The van der Waals surface area contributed by atoms with Gasteiger partial charge in [-0.25, -0.2) is 0 Å². The van der Waals surface area contributed by atoms with Crippen molar-refractivity contribution in [3.63, 3.8) is 0 Å². The first-order chi connectivity index (χ1) is 8.34. The van der Waals surface area contributed by atoms with Crippen molar-refractivity contribution < 1.29 is 0 Å². The van der Waals surface area contributed by atoms with Gasteiger partial charge in [0.1, 0.15) is 0 Å². The lowest BCUT2D eigenvalue weighted by molar-refractivity contribution is 0.148. The summed E-state index contributed by atoms with van der Waals surface area (Å²) in [6, 6.07) is 0.876. The quantitative estimate of drug-likeness (QED) is 0.851. The normalized spacial score (nSPS) is 27.7. The molecule has 1 aliphatic carbocycles. The molecule has 1 atom stereocenters. The van der Waals surface area contributed by atoms with E-state index in [-0.39, 0.29) is 0 Å². The Kier molecular flexibility index (Phi) is 3.19.